The van der Waals surface area contributed by atoms with Crippen LogP contribution in [0.2, 0.25) is 0 Å². The van der Waals surface area contributed by atoms with Crippen molar-refractivity contribution in [2.24, 2.45) is 0 Å². The minimum Gasteiger partial charge on any atom is -0.378 e. The summed E-state index contributed by atoms with van der Waals surface area (Å²) in [7, 11) is 0. The Labute approximate surface area is 178 Å². The highest BCUT2D eigenvalue weighted by molar-refractivity contribution is 5.80. The number of pyridine rings is 1. The van der Waals surface area contributed by atoms with E-state index in [0.717, 1.165) is 51.6 Å². The fourth-order valence-corrected chi connectivity index (χ4v) is 5.31. The molecule has 3 saturated heterocycles. The summed E-state index contributed by atoms with van der Waals surface area (Å²) in [6.45, 7) is 7.39. The van der Waals surface area contributed by atoms with Crippen molar-refractivity contribution in [3.05, 3.63) is 59.8 Å². The minimum atomic E-state index is 0.127. The number of morpholine rings is 1. The summed E-state index contributed by atoms with van der Waals surface area (Å²) in [5.41, 5.74) is 2.49. The number of hydrogen-bond donors (Lipinski definition) is 0. The molecule has 158 valence electrons. The zero-order valence-corrected chi connectivity index (χ0v) is 17.6. The first-order chi connectivity index (χ1) is 14.7. The van der Waals surface area contributed by atoms with Crippen LogP contribution in [0.3, 0.4) is 0 Å². The number of fused-ring (bicyclic) bond motifs is 1. The Hall–Kier alpha value is -2.44. The quantitative estimate of drug-likeness (QED) is 0.764. The minimum absolute atomic E-state index is 0.127. The largest absolute Gasteiger partial charge is 0.378 e. The van der Waals surface area contributed by atoms with E-state index in [1.807, 2.05) is 12.3 Å². The second-order valence-corrected chi connectivity index (χ2v) is 8.61. The molecule has 1 amide bonds. The van der Waals surface area contributed by atoms with E-state index < -0.39 is 0 Å². The number of amides is 1. The zero-order valence-electron chi connectivity index (χ0n) is 17.6. The summed E-state index contributed by atoms with van der Waals surface area (Å²) in [5.74, 6) is 1.32. The van der Waals surface area contributed by atoms with Gasteiger partial charge in [-0.05, 0) is 36.6 Å². The monoisotopic (exact) mass is 406 g/mol. The van der Waals surface area contributed by atoms with Crippen molar-refractivity contribution in [3.63, 3.8) is 0 Å². The molecule has 30 heavy (non-hydrogen) atoms. The van der Waals surface area contributed by atoms with Gasteiger partial charge in [0.15, 0.2) is 0 Å². The van der Waals surface area contributed by atoms with Crippen molar-refractivity contribution in [2.45, 2.75) is 44.4 Å². The highest BCUT2D eigenvalue weighted by Gasteiger charge is 2.48. The number of carbonyl (C=O) groups excluding carboxylic acids is 1. The maximum atomic E-state index is 12.9. The Morgan fingerprint density at radius 2 is 1.90 bits per heavy atom. The van der Waals surface area contributed by atoms with Gasteiger partial charge >= 0.3 is 0 Å². The highest BCUT2D eigenvalue weighted by Crippen LogP contribution is 2.38. The number of rotatable bonds is 5. The SMILES string of the molecule is C[C@H](c1ccccc1)N1C(=O)C[C@H]2[C@@H]1CCN2Cc1ccnc(N2CCOCC2)c1. The smallest absolute Gasteiger partial charge is 0.225 e. The molecule has 0 spiro atoms. The molecule has 3 aliphatic heterocycles. The molecule has 0 unspecified atom stereocenters. The van der Waals surface area contributed by atoms with Gasteiger partial charge in [-0.3, -0.25) is 9.69 Å². The number of hydrogen-bond acceptors (Lipinski definition) is 5. The van der Waals surface area contributed by atoms with E-state index in [2.05, 4.69) is 63.0 Å². The van der Waals surface area contributed by atoms with Crippen LogP contribution in [0.15, 0.2) is 48.7 Å². The van der Waals surface area contributed by atoms with Gasteiger partial charge in [0.2, 0.25) is 5.91 Å². The predicted molar refractivity (Wildman–Crippen MR) is 116 cm³/mol. The van der Waals surface area contributed by atoms with Crippen LogP contribution < -0.4 is 4.90 Å². The average Bonchev–Trinajstić information content (AvgIpc) is 3.33. The van der Waals surface area contributed by atoms with E-state index in [0.29, 0.717) is 18.5 Å². The maximum absolute atomic E-state index is 12.9. The molecule has 0 aliphatic carbocycles. The second kappa shape index (κ2) is 8.36. The molecule has 2 aromatic rings. The lowest BCUT2D eigenvalue weighted by Crippen LogP contribution is -2.38. The first kappa shape index (κ1) is 19.5. The van der Waals surface area contributed by atoms with E-state index in [4.69, 9.17) is 4.74 Å². The van der Waals surface area contributed by atoms with Crippen LogP contribution in [0.5, 0.6) is 0 Å². The highest BCUT2D eigenvalue weighted by atomic mass is 16.5. The Morgan fingerprint density at radius 1 is 1.10 bits per heavy atom. The third-order valence-corrected chi connectivity index (χ3v) is 6.88. The van der Waals surface area contributed by atoms with Crippen LogP contribution >= 0.6 is 0 Å². The Balaban J connectivity index is 1.29. The number of aromatic nitrogens is 1. The molecular weight excluding hydrogens is 376 g/mol. The van der Waals surface area contributed by atoms with Gasteiger partial charge in [0.1, 0.15) is 5.82 Å². The van der Waals surface area contributed by atoms with E-state index in [1.165, 1.54) is 11.1 Å². The normalized spacial score (nSPS) is 25.6. The number of benzene rings is 1. The van der Waals surface area contributed by atoms with Crippen LogP contribution in [0.4, 0.5) is 5.82 Å². The Bertz CT molecular complexity index is 884. The lowest BCUT2D eigenvalue weighted by Gasteiger charge is -2.31. The Kier molecular flexibility index (Phi) is 5.44. The van der Waals surface area contributed by atoms with Crippen molar-refractivity contribution in [1.29, 1.82) is 0 Å². The number of nitrogens with zero attached hydrogens (tertiary/aromatic N) is 4. The molecule has 0 saturated carbocycles. The van der Waals surface area contributed by atoms with Crippen LogP contribution in [-0.2, 0) is 16.1 Å². The van der Waals surface area contributed by atoms with Crippen molar-refractivity contribution >= 4 is 11.7 Å². The number of ether oxygens (including phenoxy) is 1. The van der Waals surface area contributed by atoms with Gasteiger partial charge in [-0.15, -0.1) is 0 Å². The van der Waals surface area contributed by atoms with Crippen molar-refractivity contribution < 1.29 is 9.53 Å². The molecule has 6 heteroatoms. The van der Waals surface area contributed by atoms with E-state index >= 15 is 0 Å². The van der Waals surface area contributed by atoms with Gasteiger partial charge in [0, 0.05) is 50.9 Å². The van der Waals surface area contributed by atoms with Gasteiger partial charge in [-0.1, -0.05) is 30.3 Å². The molecule has 5 rings (SSSR count). The van der Waals surface area contributed by atoms with Crippen LogP contribution in [0.1, 0.15) is 36.9 Å². The van der Waals surface area contributed by atoms with Gasteiger partial charge < -0.3 is 14.5 Å². The summed E-state index contributed by atoms with van der Waals surface area (Å²) < 4.78 is 5.46. The molecule has 0 bridgehead atoms. The summed E-state index contributed by atoms with van der Waals surface area (Å²) >= 11 is 0. The summed E-state index contributed by atoms with van der Waals surface area (Å²) in [5, 5.41) is 0. The fraction of sp³-hybridized carbons (Fsp3) is 0.500. The first-order valence-corrected chi connectivity index (χ1v) is 11.1. The molecule has 6 nitrogen and oxygen atoms in total. The topological polar surface area (TPSA) is 48.9 Å². The van der Waals surface area contributed by atoms with Gasteiger partial charge in [0.05, 0.1) is 19.3 Å². The maximum Gasteiger partial charge on any atom is 0.225 e. The Morgan fingerprint density at radius 3 is 2.70 bits per heavy atom. The molecular formula is C24H30N4O2. The van der Waals surface area contributed by atoms with Crippen LogP contribution in [-0.4, -0.2) is 65.6 Å². The van der Waals surface area contributed by atoms with Gasteiger partial charge in [-0.25, -0.2) is 4.98 Å². The molecule has 0 N–H and O–H groups in total. The molecule has 3 aliphatic rings. The second-order valence-electron chi connectivity index (χ2n) is 8.61. The average molecular weight is 407 g/mol. The van der Waals surface area contributed by atoms with E-state index in [-0.39, 0.29) is 11.9 Å². The number of likely N-dealkylation sites (tertiary alicyclic amines) is 2. The molecule has 4 heterocycles. The summed E-state index contributed by atoms with van der Waals surface area (Å²) in [6, 6.07) is 15.5. The first-order valence-electron chi connectivity index (χ1n) is 11.1. The number of anilines is 1. The third-order valence-electron chi connectivity index (χ3n) is 6.88. The lowest BCUT2D eigenvalue weighted by molar-refractivity contribution is -0.131. The molecule has 3 fully saturated rings. The molecule has 1 aromatic heterocycles. The fourth-order valence-electron chi connectivity index (χ4n) is 5.31. The van der Waals surface area contributed by atoms with Crippen LogP contribution in [0.25, 0.3) is 0 Å². The van der Waals surface area contributed by atoms with Gasteiger partial charge in [0.25, 0.3) is 0 Å². The summed E-state index contributed by atoms with van der Waals surface area (Å²) in [4.78, 5) is 24.4. The summed E-state index contributed by atoms with van der Waals surface area (Å²) in [6.07, 6.45) is 3.59. The molecule has 0 radical (unpaired) electrons. The molecule has 1 aromatic carbocycles. The van der Waals surface area contributed by atoms with Crippen molar-refractivity contribution in [1.82, 2.24) is 14.8 Å². The zero-order chi connectivity index (χ0) is 20.5. The third kappa shape index (κ3) is 3.70. The van der Waals surface area contributed by atoms with Gasteiger partial charge in [-0.2, -0.15) is 0 Å². The lowest BCUT2D eigenvalue weighted by atomic mass is 10.0. The van der Waals surface area contributed by atoms with Crippen molar-refractivity contribution in [2.75, 3.05) is 37.7 Å². The van der Waals surface area contributed by atoms with Crippen LogP contribution in [0, 0.1) is 0 Å². The number of carbonyl (C=O) groups is 1. The van der Waals surface area contributed by atoms with E-state index in [1.54, 1.807) is 0 Å². The molecule has 3 atom stereocenters. The predicted octanol–water partition coefficient (Wildman–Crippen LogP) is 2.85. The van der Waals surface area contributed by atoms with Crippen molar-refractivity contribution in [3.8, 4) is 0 Å². The van der Waals surface area contributed by atoms with E-state index in [9.17, 15) is 4.79 Å². The standard InChI is InChI=1S/C24H30N4O2/c1-18(20-5-3-2-4-6-20)28-21-8-10-27(22(21)16-24(28)29)17-19-7-9-25-23(15-19)26-11-13-30-14-12-26/h2-7,9,15,18,21-22H,8,10-14,16-17H2,1H3/t18-,21+,22+/m1/s1.